The minimum absolute atomic E-state index is 0.0490. The van der Waals surface area contributed by atoms with Crippen LogP contribution in [0.2, 0.25) is 0 Å². The minimum Gasteiger partial charge on any atom is -0.299 e. The zero-order valence-corrected chi connectivity index (χ0v) is 7.16. The molecule has 1 nitrogen and oxygen atoms in total. The third kappa shape index (κ3) is 1.49. The molecule has 1 unspecified atom stereocenters. The van der Waals surface area contributed by atoms with E-state index in [9.17, 15) is 18.0 Å². The van der Waals surface area contributed by atoms with E-state index in [1.807, 2.05) is 0 Å². The predicted octanol–water partition coefficient (Wildman–Crippen LogP) is 2.86. The molecule has 0 aliphatic heterocycles. The standard InChI is InChI=1S/C9H11F3O/c1-2-5-8(9(10,11)12)6-3-4-7(8)13/h2H,1,3-6H2. The lowest BCUT2D eigenvalue weighted by atomic mass is 9.81. The van der Waals surface area contributed by atoms with Crippen molar-refractivity contribution in [3.63, 3.8) is 0 Å². The molecule has 4 heteroatoms. The molecule has 0 saturated heterocycles. The maximum Gasteiger partial charge on any atom is 0.401 e. The number of hydrogen-bond donors (Lipinski definition) is 0. The van der Waals surface area contributed by atoms with Crippen LogP contribution in [0.5, 0.6) is 0 Å². The van der Waals surface area contributed by atoms with Gasteiger partial charge in [0.2, 0.25) is 0 Å². The summed E-state index contributed by atoms with van der Waals surface area (Å²) >= 11 is 0. The average Bonchev–Trinajstić information content (AvgIpc) is 2.33. The fourth-order valence-electron chi connectivity index (χ4n) is 1.81. The van der Waals surface area contributed by atoms with Crippen molar-refractivity contribution in [1.82, 2.24) is 0 Å². The highest BCUT2D eigenvalue weighted by Crippen LogP contribution is 2.50. The molecule has 74 valence electrons. The number of rotatable bonds is 2. The van der Waals surface area contributed by atoms with Crippen molar-refractivity contribution in [3.05, 3.63) is 12.7 Å². The third-order valence-electron chi connectivity index (χ3n) is 2.58. The van der Waals surface area contributed by atoms with Gasteiger partial charge in [-0.25, -0.2) is 0 Å². The SMILES string of the molecule is C=CCC1(C(F)(F)F)CCCC1=O. The van der Waals surface area contributed by atoms with Crippen LogP contribution in [0.15, 0.2) is 12.7 Å². The van der Waals surface area contributed by atoms with Crippen molar-refractivity contribution in [2.24, 2.45) is 5.41 Å². The Balaban J connectivity index is 3.00. The molecule has 0 aromatic heterocycles. The van der Waals surface area contributed by atoms with E-state index in [1.165, 1.54) is 6.08 Å². The molecular weight excluding hydrogens is 181 g/mol. The Labute approximate surface area is 74.6 Å². The molecule has 1 saturated carbocycles. The number of allylic oxidation sites excluding steroid dienone is 1. The van der Waals surface area contributed by atoms with Gasteiger partial charge in [0.25, 0.3) is 0 Å². The van der Waals surface area contributed by atoms with Gasteiger partial charge in [-0.1, -0.05) is 6.08 Å². The molecule has 0 N–H and O–H groups in total. The molecule has 0 heterocycles. The van der Waals surface area contributed by atoms with Crippen LogP contribution < -0.4 is 0 Å². The summed E-state index contributed by atoms with van der Waals surface area (Å²) in [6.07, 6.45) is -3.22. The van der Waals surface area contributed by atoms with Crippen LogP contribution in [0.3, 0.4) is 0 Å². The van der Waals surface area contributed by atoms with Gasteiger partial charge < -0.3 is 0 Å². The van der Waals surface area contributed by atoms with Crippen molar-refractivity contribution < 1.29 is 18.0 Å². The molecule has 1 aliphatic carbocycles. The molecule has 0 bridgehead atoms. The Kier molecular flexibility index (Phi) is 2.50. The topological polar surface area (TPSA) is 17.1 Å². The predicted molar refractivity (Wildman–Crippen MR) is 42.2 cm³/mol. The molecule has 1 aliphatic rings. The fourth-order valence-corrected chi connectivity index (χ4v) is 1.81. The van der Waals surface area contributed by atoms with Gasteiger partial charge >= 0.3 is 6.18 Å². The fraction of sp³-hybridized carbons (Fsp3) is 0.667. The van der Waals surface area contributed by atoms with Gasteiger partial charge in [-0.05, 0) is 19.3 Å². The van der Waals surface area contributed by atoms with E-state index in [2.05, 4.69) is 6.58 Å². The smallest absolute Gasteiger partial charge is 0.299 e. The molecular formula is C9H11F3O. The summed E-state index contributed by atoms with van der Waals surface area (Å²) in [4.78, 5) is 11.2. The second kappa shape index (κ2) is 3.16. The van der Waals surface area contributed by atoms with Gasteiger partial charge in [0.05, 0.1) is 0 Å². The zero-order chi connectivity index (χ0) is 10.1. The van der Waals surface area contributed by atoms with E-state index >= 15 is 0 Å². The third-order valence-corrected chi connectivity index (χ3v) is 2.58. The van der Waals surface area contributed by atoms with Crippen LogP contribution in [0.4, 0.5) is 13.2 Å². The highest BCUT2D eigenvalue weighted by atomic mass is 19.4. The number of Topliss-reactive ketones (excluding diaryl/α,β-unsaturated/α-hetero) is 1. The molecule has 0 aromatic rings. The van der Waals surface area contributed by atoms with E-state index in [-0.39, 0.29) is 19.3 Å². The van der Waals surface area contributed by atoms with Gasteiger partial charge in [0.15, 0.2) is 0 Å². The number of ketones is 1. The molecule has 1 rings (SSSR count). The first-order valence-corrected chi connectivity index (χ1v) is 4.15. The number of halogens is 3. The zero-order valence-electron chi connectivity index (χ0n) is 7.16. The molecule has 13 heavy (non-hydrogen) atoms. The second-order valence-electron chi connectivity index (χ2n) is 3.35. The van der Waals surface area contributed by atoms with Crippen LogP contribution in [0.25, 0.3) is 0 Å². The van der Waals surface area contributed by atoms with E-state index in [1.54, 1.807) is 0 Å². The molecule has 0 aromatic carbocycles. The Morgan fingerprint density at radius 1 is 1.54 bits per heavy atom. The van der Waals surface area contributed by atoms with Crippen molar-refractivity contribution in [2.75, 3.05) is 0 Å². The summed E-state index contributed by atoms with van der Waals surface area (Å²) < 4.78 is 37.8. The first kappa shape index (κ1) is 10.3. The lowest BCUT2D eigenvalue weighted by Gasteiger charge is -2.28. The first-order valence-electron chi connectivity index (χ1n) is 4.15. The molecule has 1 fully saturated rings. The lowest BCUT2D eigenvalue weighted by Crippen LogP contribution is -2.41. The number of carbonyl (C=O) groups is 1. The Morgan fingerprint density at radius 2 is 2.15 bits per heavy atom. The molecule has 0 spiro atoms. The van der Waals surface area contributed by atoms with Gasteiger partial charge in [-0.15, -0.1) is 6.58 Å². The van der Waals surface area contributed by atoms with Crippen molar-refractivity contribution in [3.8, 4) is 0 Å². The highest BCUT2D eigenvalue weighted by molar-refractivity contribution is 5.87. The van der Waals surface area contributed by atoms with Crippen LogP contribution >= 0.6 is 0 Å². The highest BCUT2D eigenvalue weighted by Gasteiger charge is 2.60. The van der Waals surface area contributed by atoms with Crippen LogP contribution in [-0.2, 0) is 4.79 Å². The van der Waals surface area contributed by atoms with E-state index in [0.717, 1.165) is 0 Å². The normalized spacial score (nSPS) is 29.3. The Morgan fingerprint density at radius 3 is 2.46 bits per heavy atom. The van der Waals surface area contributed by atoms with Crippen molar-refractivity contribution >= 4 is 5.78 Å². The van der Waals surface area contributed by atoms with Crippen LogP contribution in [-0.4, -0.2) is 12.0 Å². The quantitative estimate of drug-likeness (QED) is 0.615. The van der Waals surface area contributed by atoms with Crippen LogP contribution in [0, 0.1) is 5.41 Å². The van der Waals surface area contributed by atoms with Gasteiger partial charge in [-0.2, -0.15) is 13.2 Å². The minimum atomic E-state index is -4.42. The van der Waals surface area contributed by atoms with E-state index in [4.69, 9.17) is 0 Å². The van der Waals surface area contributed by atoms with Gasteiger partial charge in [0.1, 0.15) is 11.2 Å². The van der Waals surface area contributed by atoms with Crippen molar-refractivity contribution in [2.45, 2.75) is 31.9 Å². The largest absolute Gasteiger partial charge is 0.401 e. The monoisotopic (exact) mass is 192 g/mol. The summed E-state index contributed by atoms with van der Waals surface area (Å²) in [5.41, 5.74) is -2.12. The molecule has 0 radical (unpaired) electrons. The summed E-state index contributed by atoms with van der Waals surface area (Å²) in [6, 6.07) is 0. The van der Waals surface area contributed by atoms with E-state index in [0.29, 0.717) is 6.42 Å². The Bertz CT molecular complexity index is 232. The average molecular weight is 192 g/mol. The number of carbonyl (C=O) groups excluding carboxylic acids is 1. The molecule has 0 amide bonds. The summed E-state index contributed by atoms with van der Waals surface area (Å²) in [7, 11) is 0. The number of alkyl halides is 3. The van der Waals surface area contributed by atoms with E-state index < -0.39 is 17.4 Å². The summed E-state index contributed by atoms with van der Waals surface area (Å²) in [6.45, 7) is 3.26. The van der Waals surface area contributed by atoms with Crippen molar-refractivity contribution in [1.29, 1.82) is 0 Å². The summed E-state index contributed by atoms with van der Waals surface area (Å²) in [5, 5.41) is 0. The van der Waals surface area contributed by atoms with Gasteiger partial charge in [0, 0.05) is 6.42 Å². The maximum absolute atomic E-state index is 12.6. The maximum atomic E-state index is 12.6. The van der Waals surface area contributed by atoms with Gasteiger partial charge in [-0.3, -0.25) is 4.79 Å². The lowest BCUT2D eigenvalue weighted by molar-refractivity contribution is -0.216. The summed E-state index contributed by atoms with van der Waals surface area (Å²) in [5.74, 6) is -0.681. The first-order chi connectivity index (χ1) is 5.94. The van der Waals surface area contributed by atoms with Crippen LogP contribution in [0.1, 0.15) is 25.7 Å². The molecule has 1 atom stereocenters. The number of hydrogen-bond acceptors (Lipinski definition) is 1. The Hall–Kier alpha value is -0.800. The second-order valence-corrected chi connectivity index (χ2v) is 3.35.